The highest BCUT2D eigenvalue weighted by Crippen LogP contribution is 2.45. The van der Waals surface area contributed by atoms with Crippen molar-refractivity contribution in [2.75, 3.05) is 13.6 Å². The molecule has 2 heteroatoms. The maximum absolute atomic E-state index is 10.4. The summed E-state index contributed by atoms with van der Waals surface area (Å²) in [7, 11) is 2.29. The molecule has 0 bridgehead atoms. The Balaban J connectivity index is 2.14. The molecule has 100 valence electrons. The molecule has 0 aromatic carbocycles. The monoisotopic (exact) mass is 239 g/mol. The van der Waals surface area contributed by atoms with Crippen LogP contribution in [-0.2, 0) is 0 Å². The summed E-state index contributed by atoms with van der Waals surface area (Å²) < 4.78 is 0. The van der Waals surface area contributed by atoms with Crippen LogP contribution < -0.4 is 0 Å². The van der Waals surface area contributed by atoms with E-state index in [1.807, 2.05) is 0 Å². The van der Waals surface area contributed by atoms with E-state index in [-0.39, 0.29) is 6.10 Å². The van der Waals surface area contributed by atoms with E-state index < -0.39 is 0 Å². The number of aliphatic hydroxyl groups is 1. The molecule has 1 saturated carbocycles. The number of hydrogen-bond donors (Lipinski definition) is 1. The summed E-state index contributed by atoms with van der Waals surface area (Å²) in [5, 5.41) is 10.4. The van der Waals surface area contributed by atoms with E-state index in [0.29, 0.717) is 11.5 Å². The molecule has 1 saturated heterocycles. The van der Waals surface area contributed by atoms with Crippen molar-refractivity contribution in [2.24, 2.45) is 5.92 Å². The number of likely N-dealkylation sites (tertiary alicyclic amines) is 1. The number of aliphatic hydroxyl groups excluding tert-OH is 1. The summed E-state index contributed by atoms with van der Waals surface area (Å²) in [6.45, 7) is 3.49. The summed E-state index contributed by atoms with van der Waals surface area (Å²) >= 11 is 0. The van der Waals surface area contributed by atoms with E-state index in [2.05, 4.69) is 18.9 Å². The van der Waals surface area contributed by atoms with Crippen molar-refractivity contribution >= 4 is 0 Å². The van der Waals surface area contributed by atoms with Crippen LogP contribution in [0.25, 0.3) is 0 Å². The van der Waals surface area contributed by atoms with Crippen molar-refractivity contribution in [1.29, 1.82) is 0 Å². The third-order valence-corrected chi connectivity index (χ3v) is 5.25. The average molecular weight is 239 g/mol. The highest BCUT2D eigenvalue weighted by molar-refractivity contribution is 5.02. The topological polar surface area (TPSA) is 23.5 Å². The molecule has 2 rings (SSSR count). The molecule has 2 nitrogen and oxygen atoms in total. The highest BCUT2D eigenvalue weighted by atomic mass is 16.3. The Kier molecular flexibility index (Phi) is 4.48. The summed E-state index contributed by atoms with van der Waals surface area (Å²) in [5.41, 5.74) is 0.338. The molecule has 1 heterocycles. The van der Waals surface area contributed by atoms with Gasteiger partial charge in [0.05, 0.1) is 6.10 Å². The number of unbranched alkanes of at least 4 members (excludes halogenated alkanes) is 1. The molecule has 2 fully saturated rings. The van der Waals surface area contributed by atoms with E-state index in [4.69, 9.17) is 0 Å². The Morgan fingerprint density at radius 3 is 2.71 bits per heavy atom. The van der Waals surface area contributed by atoms with Gasteiger partial charge >= 0.3 is 0 Å². The summed E-state index contributed by atoms with van der Waals surface area (Å²) in [6.07, 6.45) is 11.3. The lowest BCUT2D eigenvalue weighted by molar-refractivity contribution is -0.0787. The first-order valence-corrected chi connectivity index (χ1v) is 7.60. The third-order valence-electron chi connectivity index (χ3n) is 5.25. The Labute approximate surface area is 106 Å². The maximum atomic E-state index is 10.4. The first kappa shape index (κ1) is 13.4. The van der Waals surface area contributed by atoms with Gasteiger partial charge in [-0.2, -0.15) is 0 Å². The van der Waals surface area contributed by atoms with Gasteiger partial charge in [0.1, 0.15) is 0 Å². The van der Waals surface area contributed by atoms with Gasteiger partial charge in [0.15, 0.2) is 0 Å². The maximum Gasteiger partial charge on any atom is 0.0586 e. The molecule has 0 radical (unpaired) electrons. The van der Waals surface area contributed by atoms with Crippen LogP contribution in [0.3, 0.4) is 0 Å². The zero-order chi connectivity index (χ0) is 12.3. The van der Waals surface area contributed by atoms with Gasteiger partial charge < -0.3 is 10.0 Å². The second-order valence-corrected chi connectivity index (χ2v) is 6.19. The summed E-state index contributed by atoms with van der Waals surface area (Å²) in [5.74, 6) is 0.529. The SMILES string of the molecule is CCCC[C@@H]1[C@@H](O)CCC[C@]12CCCCN2C. The van der Waals surface area contributed by atoms with Gasteiger partial charge in [-0.25, -0.2) is 0 Å². The van der Waals surface area contributed by atoms with Gasteiger partial charge in [-0.1, -0.05) is 26.2 Å². The van der Waals surface area contributed by atoms with E-state index in [0.717, 1.165) is 6.42 Å². The molecular weight excluding hydrogens is 210 g/mol. The lowest BCUT2D eigenvalue weighted by Gasteiger charge is -2.54. The van der Waals surface area contributed by atoms with Crippen LogP contribution in [0.2, 0.25) is 0 Å². The Morgan fingerprint density at radius 2 is 2.00 bits per heavy atom. The normalized spacial score (nSPS) is 39.7. The Bertz CT molecular complexity index is 239. The standard InChI is InChI=1S/C15H29NO/c1-3-4-8-13-14(17)9-7-11-15(13)10-5-6-12-16(15)2/h13-14,17H,3-12H2,1-2H3/t13-,14+,15-/m1/s1. The van der Waals surface area contributed by atoms with Crippen molar-refractivity contribution in [2.45, 2.75) is 76.4 Å². The van der Waals surface area contributed by atoms with E-state index in [1.165, 1.54) is 57.9 Å². The second kappa shape index (κ2) is 5.71. The number of rotatable bonds is 3. The Hall–Kier alpha value is -0.0800. The zero-order valence-corrected chi connectivity index (χ0v) is 11.6. The van der Waals surface area contributed by atoms with Crippen LogP contribution in [-0.4, -0.2) is 35.2 Å². The number of piperidine rings is 1. The van der Waals surface area contributed by atoms with Gasteiger partial charge in [-0.3, -0.25) is 0 Å². The average Bonchev–Trinajstić information content (AvgIpc) is 2.32. The molecular formula is C15H29NO. The van der Waals surface area contributed by atoms with Crippen molar-refractivity contribution in [3.8, 4) is 0 Å². The van der Waals surface area contributed by atoms with E-state index in [1.54, 1.807) is 0 Å². The van der Waals surface area contributed by atoms with Gasteiger partial charge in [-0.05, 0) is 52.1 Å². The number of hydrogen-bond acceptors (Lipinski definition) is 2. The van der Waals surface area contributed by atoms with Gasteiger partial charge in [0.2, 0.25) is 0 Å². The van der Waals surface area contributed by atoms with Gasteiger partial charge in [-0.15, -0.1) is 0 Å². The first-order valence-electron chi connectivity index (χ1n) is 7.60. The van der Waals surface area contributed by atoms with Crippen molar-refractivity contribution in [3.63, 3.8) is 0 Å². The molecule has 0 aromatic heterocycles. The fraction of sp³-hybridized carbons (Fsp3) is 1.00. The predicted molar refractivity (Wildman–Crippen MR) is 72.1 cm³/mol. The van der Waals surface area contributed by atoms with Gasteiger partial charge in [0, 0.05) is 11.5 Å². The van der Waals surface area contributed by atoms with Crippen LogP contribution in [0.1, 0.15) is 64.7 Å². The van der Waals surface area contributed by atoms with Crippen molar-refractivity contribution in [1.82, 2.24) is 4.90 Å². The lowest BCUT2D eigenvalue weighted by Crippen LogP contribution is -2.59. The second-order valence-electron chi connectivity index (χ2n) is 6.19. The lowest BCUT2D eigenvalue weighted by atomic mass is 9.65. The fourth-order valence-electron chi connectivity index (χ4n) is 4.23. The third kappa shape index (κ3) is 2.53. The smallest absolute Gasteiger partial charge is 0.0586 e. The van der Waals surface area contributed by atoms with Crippen LogP contribution in [0.4, 0.5) is 0 Å². The molecule has 1 spiro atoms. The van der Waals surface area contributed by atoms with E-state index in [9.17, 15) is 5.11 Å². The fourth-order valence-corrected chi connectivity index (χ4v) is 4.23. The largest absolute Gasteiger partial charge is 0.393 e. The van der Waals surface area contributed by atoms with Crippen LogP contribution >= 0.6 is 0 Å². The van der Waals surface area contributed by atoms with Gasteiger partial charge in [0.25, 0.3) is 0 Å². The molecule has 1 aliphatic carbocycles. The number of nitrogens with zero attached hydrogens (tertiary/aromatic N) is 1. The molecule has 0 aromatic rings. The quantitative estimate of drug-likeness (QED) is 0.817. The minimum absolute atomic E-state index is 0.0455. The molecule has 1 aliphatic heterocycles. The van der Waals surface area contributed by atoms with Crippen molar-refractivity contribution in [3.05, 3.63) is 0 Å². The van der Waals surface area contributed by atoms with E-state index >= 15 is 0 Å². The highest BCUT2D eigenvalue weighted by Gasteiger charge is 2.47. The summed E-state index contributed by atoms with van der Waals surface area (Å²) in [6, 6.07) is 0. The molecule has 0 amide bonds. The molecule has 3 atom stereocenters. The summed E-state index contributed by atoms with van der Waals surface area (Å²) in [4.78, 5) is 2.58. The zero-order valence-electron chi connectivity index (χ0n) is 11.6. The minimum Gasteiger partial charge on any atom is -0.393 e. The predicted octanol–water partition coefficient (Wildman–Crippen LogP) is 3.19. The molecule has 1 N–H and O–H groups in total. The van der Waals surface area contributed by atoms with Crippen LogP contribution in [0.5, 0.6) is 0 Å². The minimum atomic E-state index is -0.0455. The van der Waals surface area contributed by atoms with Crippen LogP contribution in [0.15, 0.2) is 0 Å². The first-order chi connectivity index (χ1) is 8.20. The van der Waals surface area contributed by atoms with Crippen LogP contribution in [0, 0.1) is 5.92 Å². The van der Waals surface area contributed by atoms with Crippen molar-refractivity contribution < 1.29 is 5.11 Å². The Morgan fingerprint density at radius 1 is 1.24 bits per heavy atom. The molecule has 0 unspecified atom stereocenters. The molecule has 17 heavy (non-hydrogen) atoms. The molecule has 2 aliphatic rings.